The second kappa shape index (κ2) is 5.71. The number of benzene rings is 1. The third-order valence-electron chi connectivity index (χ3n) is 2.91. The van der Waals surface area contributed by atoms with Crippen molar-refractivity contribution in [1.82, 2.24) is 25.0 Å². The van der Waals surface area contributed by atoms with Gasteiger partial charge in [-0.05, 0) is 18.2 Å². The van der Waals surface area contributed by atoms with Crippen LogP contribution in [0, 0.1) is 0 Å². The van der Waals surface area contributed by atoms with E-state index < -0.39 is 0 Å². The van der Waals surface area contributed by atoms with Gasteiger partial charge in [-0.25, -0.2) is 9.97 Å². The van der Waals surface area contributed by atoms with Crippen LogP contribution in [-0.4, -0.2) is 43.2 Å². The molecular formula is C13H15N7O. The van der Waals surface area contributed by atoms with Crippen molar-refractivity contribution in [3.05, 3.63) is 30.7 Å². The van der Waals surface area contributed by atoms with Crippen LogP contribution < -0.4 is 10.6 Å². The highest BCUT2D eigenvalue weighted by Gasteiger charge is 2.05. The minimum Gasteiger partial charge on any atom is -0.395 e. The van der Waals surface area contributed by atoms with Gasteiger partial charge in [-0.1, -0.05) is 0 Å². The van der Waals surface area contributed by atoms with E-state index in [0.717, 1.165) is 16.6 Å². The van der Waals surface area contributed by atoms with E-state index in [1.165, 1.54) is 11.1 Å². The topological polar surface area (TPSA) is 101 Å². The van der Waals surface area contributed by atoms with E-state index in [0.29, 0.717) is 18.2 Å². The molecule has 0 saturated carbocycles. The fourth-order valence-electron chi connectivity index (χ4n) is 2.00. The number of hydrogen-bond donors (Lipinski definition) is 3. The summed E-state index contributed by atoms with van der Waals surface area (Å²) in [6.07, 6.45) is 3.15. The molecule has 2 aromatic heterocycles. The number of nitrogens with zero attached hydrogens (tertiary/aromatic N) is 5. The highest BCUT2D eigenvalue weighted by molar-refractivity contribution is 5.91. The van der Waals surface area contributed by atoms with E-state index >= 15 is 0 Å². The number of rotatable bonds is 5. The lowest BCUT2D eigenvalue weighted by Crippen LogP contribution is -2.07. The van der Waals surface area contributed by atoms with Crippen LogP contribution >= 0.6 is 0 Å². The number of aliphatic hydroxyl groups is 1. The average Bonchev–Trinajstić information content (AvgIpc) is 2.90. The first-order valence-electron chi connectivity index (χ1n) is 6.49. The van der Waals surface area contributed by atoms with Crippen LogP contribution in [0.15, 0.2) is 30.7 Å². The van der Waals surface area contributed by atoms with Gasteiger partial charge in [0.25, 0.3) is 0 Å². The van der Waals surface area contributed by atoms with E-state index in [9.17, 15) is 0 Å². The number of hydrogen-bond acceptors (Lipinski definition) is 7. The van der Waals surface area contributed by atoms with Crippen LogP contribution in [0.3, 0.4) is 0 Å². The maximum Gasteiger partial charge on any atom is 0.172 e. The van der Waals surface area contributed by atoms with Crippen molar-refractivity contribution in [1.29, 1.82) is 0 Å². The Labute approximate surface area is 120 Å². The van der Waals surface area contributed by atoms with Crippen molar-refractivity contribution in [3.63, 3.8) is 0 Å². The van der Waals surface area contributed by atoms with Gasteiger partial charge >= 0.3 is 0 Å². The summed E-state index contributed by atoms with van der Waals surface area (Å²) in [5, 5.41) is 24.2. The van der Waals surface area contributed by atoms with Crippen molar-refractivity contribution in [3.8, 4) is 0 Å². The molecule has 0 atom stereocenters. The summed E-state index contributed by atoms with van der Waals surface area (Å²) in [5.74, 6) is 1.36. The Morgan fingerprint density at radius 2 is 2.19 bits per heavy atom. The highest BCUT2D eigenvalue weighted by Crippen LogP contribution is 2.24. The third kappa shape index (κ3) is 2.90. The summed E-state index contributed by atoms with van der Waals surface area (Å²) in [6, 6.07) is 5.75. The average molecular weight is 285 g/mol. The van der Waals surface area contributed by atoms with Crippen LogP contribution in [-0.2, 0) is 7.05 Å². The molecule has 0 aliphatic carbocycles. The Hall–Kier alpha value is -2.74. The fourth-order valence-corrected chi connectivity index (χ4v) is 2.00. The lowest BCUT2D eigenvalue weighted by atomic mass is 10.2. The molecule has 0 aliphatic rings. The molecule has 1 aromatic carbocycles. The van der Waals surface area contributed by atoms with Gasteiger partial charge in [-0.2, -0.15) is 9.90 Å². The van der Waals surface area contributed by atoms with Crippen molar-refractivity contribution in [2.45, 2.75) is 0 Å². The van der Waals surface area contributed by atoms with E-state index in [4.69, 9.17) is 5.11 Å². The Morgan fingerprint density at radius 3 is 2.95 bits per heavy atom. The van der Waals surface area contributed by atoms with Crippen LogP contribution in [0.5, 0.6) is 0 Å². The van der Waals surface area contributed by atoms with Crippen molar-refractivity contribution in [2.24, 2.45) is 7.05 Å². The van der Waals surface area contributed by atoms with E-state index in [1.807, 2.05) is 18.2 Å². The van der Waals surface area contributed by atoms with Gasteiger partial charge in [-0.15, -0.1) is 5.10 Å². The number of aryl methyl sites for hydroxylation is 1. The number of fused-ring (bicyclic) bond motifs is 1. The fraction of sp³-hybridized carbons (Fsp3) is 0.231. The molecule has 8 nitrogen and oxygen atoms in total. The summed E-state index contributed by atoms with van der Waals surface area (Å²) in [7, 11) is 1.76. The summed E-state index contributed by atoms with van der Waals surface area (Å²) in [6.45, 7) is 0.483. The molecule has 0 radical (unpaired) electrons. The second-order valence-corrected chi connectivity index (χ2v) is 4.45. The van der Waals surface area contributed by atoms with Crippen molar-refractivity contribution < 1.29 is 5.11 Å². The molecule has 0 amide bonds. The molecule has 108 valence electrons. The monoisotopic (exact) mass is 285 g/mol. The number of anilines is 3. The Balaban J connectivity index is 1.93. The summed E-state index contributed by atoms with van der Waals surface area (Å²) in [5.41, 5.74) is 1.69. The zero-order valence-electron chi connectivity index (χ0n) is 11.5. The maximum absolute atomic E-state index is 8.92. The largest absolute Gasteiger partial charge is 0.395 e. The van der Waals surface area contributed by atoms with Crippen molar-refractivity contribution >= 4 is 28.2 Å². The van der Waals surface area contributed by atoms with Gasteiger partial charge in [0.2, 0.25) is 0 Å². The van der Waals surface area contributed by atoms with E-state index in [1.54, 1.807) is 13.2 Å². The number of aliphatic hydroxyl groups excluding tert-OH is 1. The molecule has 3 rings (SSSR count). The molecule has 0 fully saturated rings. The summed E-state index contributed by atoms with van der Waals surface area (Å²) >= 11 is 0. The first-order chi connectivity index (χ1) is 10.3. The molecule has 0 aliphatic heterocycles. The molecule has 8 heteroatoms. The third-order valence-corrected chi connectivity index (χ3v) is 2.91. The predicted octanol–water partition coefficient (Wildman–Crippen LogP) is 0.906. The van der Waals surface area contributed by atoms with Gasteiger partial charge in [0.05, 0.1) is 18.3 Å². The van der Waals surface area contributed by atoms with E-state index in [-0.39, 0.29) is 6.61 Å². The summed E-state index contributed by atoms with van der Waals surface area (Å²) in [4.78, 5) is 9.92. The highest BCUT2D eigenvalue weighted by atomic mass is 16.3. The molecule has 3 N–H and O–H groups in total. The van der Waals surface area contributed by atoms with Gasteiger partial charge in [0.15, 0.2) is 5.82 Å². The first-order valence-corrected chi connectivity index (χ1v) is 6.49. The Morgan fingerprint density at radius 1 is 1.29 bits per heavy atom. The lowest BCUT2D eigenvalue weighted by Gasteiger charge is -2.09. The molecule has 0 saturated heterocycles. The molecule has 2 heterocycles. The SMILES string of the molecule is Cn1ncc(Nc2ccc3ncnc(NCCO)c3c2)n1. The second-order valence-electron chi connectivity index (χ2n) is 4.45. The number of aromatic nitrogens is 5. The van der Waals surface area contributed by atoms with Gasteiger partial charge in [0, 0.05) is 24.7 Å². The van der Waals surface area contributed by atoms with Gasteiger partial charge in [0.1, 0.15) is 12.1 Å². The maximum atomic E-state index is 8.92. The Bertz CT molecular complexity index is 755. The number of nitrogens with one attached hydrogen (secondary N) is 2. The van der Waals surface area contributed by atoms with Crippen LogP contribution in [0.1, 0.15) is 0 Å². The zero-order valence-corrected chi connectivity index (χ0v) is 11.5. The first kappa shape index (κ1) is 13.3. The lowest BCUT2D eigenvalue weighted by molar-refractivity contribution is 0.311. The molecule has 0 bridgehead atoms. The van der Waals surface area contributed by atoms with Crippen LogP contribution in [0.2, 0.25) is 0 Å². The molecule has 0 spiro atoms. The predicted molar refractivity (Wildman–Crippen MR) is 79.4 cm³/mol. The quantitative estimate of drug-likeness (QED) is 0.640. The van der Waals surface area contributed by atoms with Gasteiger partial charge < -0.3 is 15.7 Å². The molecule has 21 heavy (non-hydrogen) atoms. The van der Waals surface area contributed by atoms with Crippen LogP contribution in [0.25, 0.3) is 10.9 Å². The minimum absolute atomic E-state index is 0.0447. The Kier molecular flexibility index (Phi) is 3.61. The zero-order chi connectivity index (χ0) is 14.7. The normalized spacial score (nSPS) is 10.8. The van der Waals surface area contributed by atoms with Gasteiger partial charge in [-0.3, -0.25) is 0 Å². The smallest absolute Gasteiger partial charge is 0.172 e. The molecular weight excluding hydrogens is 270 g/mol. The van der Waals surface area contributed by atoms with Crippen LogP contribution in [0.4, 0.5) is 17.3 Å². The van der Waals surface area contributed by atoms with Crippen molar-refractivity contribution in [2.75, 3.05) is 23.8 Å². The molecule has 0 unspecified atom stereocenters. The van der Waals surface area contributed by atoms with E-state index in [2.05, 4.69) is 30.8 Å². The standard InChI is InChI=1S/C13H15N7O/c1-20-17-7-12(19-20)18-9-2-3-11-10(6-9)13(14-4-5-21)16-8-15-11/h2-3,6-8,21H,4-5H2,1H3,(H,18,19)(H,14,15,16). The minimum atomic E-state index is 0.0447. The summed E-state index contributed by atoms with van der Waals surface area (Å²) < 4.78 is 0. The molecule has 3 aromatic rings.